The standard InChI is InChI=1S/C16H12O3S2/c17-10-4-3-5-11(8-10)20-9-13-12-6-1-2-7-14(12)21-15(13)16(18)19/h1-8,17H,9H2,(H,18,19). The predicted octanol–water partition coefficient (Wildman–Crippen LogP) is 4.60. The van der Waals surface area contributed by atoms with Crippen molar-refractivity contribution in [1.29, 1.82) is 0 Å². The highest BCUT2D eigenvalue weighted by molar-refractivity contribution is 7.98. The number of fused-ring (bicyclic) bond motifs is 1. The van der Waals surface area contributed by atoms with Crippen molar-refractivity contribution >= 4 is 39.2 Å². The minimum absolute atomic E-state index is 0.216. The molecule has 0 aliphatic rings. The van der Waals surface area contributed by atoms with E-state index < -0.39 is 5.97 Å². The van der Waals surface area contributed by atoms with E-state index in [0.29, 0.717) is 10.6 Å². The SMILES string of the molecule is O=C(O)c1sc2ccccc2c1CSc1cccc(O)c1. The maximum absolute atomic E-state index is 11.4. The summed E-state index contributed by atoms with van der Waals surface area (Å²) in [5.74, 6) is -0.105. The van der Waals surface area contributed by atoms with Crippen molar-refractivity contribution in [2.24, 2.45) is 0 Å². The molecule has 3 aromatic rings. The largest absolute Gasteiger partial charge is 0.508 e. The number of aromatic carboxylic acids is 1. The van der Waals surface area contributed by atoms with Gasteiger partial charge in [-0.25, -0.2) is 4.79 Å². The van der Waals surface area contributed by atoms with E-state index in [9.17, 15) is 15.0 Å². The summed E-state index contributed by atoms with van der Waals surface area (Å²) < 4.78 is 0.987. The quantitative estimate of drug-likeness (QED) is 0.691. The molecule has 106 valence electrons. The van der Waals surface area contributed by atoms with Crippen LogP contribution in [0, 0.1) is 0 Å². The fraction of sp³-hybridized carbons (Fsp3) is 0.0625. The third kappa shape index (κ3) is 2.89. The first-order valence-electron chi connectivity index (χ1n) is 6.30. The van der Waals surface area contributed by atoms with Crippen LogP contribution < -0.4 is 0 Å². The number of aromatic hydroxyl groups is 1. The molecule has 2 N–H and O–H groups in total. The number of thioether (sulfide) groups is 1. The fourth-order valence-electron chi connectivity index (χ4n) is 2.14. The fourth-order valence-corrected chi connectivity index (χ4v) is 4.29. The summed E-state index contributed by atoms with van der Waals surface area (Å²) in [5.41, 5.74) is 0.844. The van der Waals surface area contributed by atoms with Crippen LogP contribution >= 0.6 is 23.1 Å². The van der Waals surface area contributed by atoms with Gasteiger partial charge >= 0.3 is 5.97 Å². The van der Waals surface area contributed by atoms with E-state index in [0.717, 1.165) is 20.5 Å². The summed E-state index contributed by atoms with van der Waals surface area (Å²) in [6.45, 7) is 0. The van der Waals surface area contributed by atoms with E-state index in [1.807, 2.05) is 30.3 Å². The zero-order chi connectivity index (χ0) is 14.8. The minimum Gasteiger partial charge on any atom is -0.508 e. The van der Waals surface area contributed by atoms with Crippen molar-refractivity contribution in [3.05, 3.63) is 59.0 Å². The van der Waals surface area contributed by atoms with Crippen molar-refractivity contribution < 1.29 is 15.0 Å². The van der Waals surface area contributed by atoms with Gasteiger partial charge < -0.3 is 10.2 Å². The first kappa shape index (κ1) is 14.0. The molecule has 0 spiro atoms. The second kappa shape index (κ2) is 5.79. The van der Waals surface area contributed by atoms with Crippen molar-refractivity contribution in [2.45, 2.75) is 10.6 Å². The van der Waals surface area contributed by atoms with Crippen LogP contribution in [0.1, 0.15) is 15.2 Å². The molecule has 0 aliphatic heterocycles. The molecule has 0 saturated heterocycles. The Hall–Kier alpha value is -1.98. The van der Waals surface area contributed by atoms with Gasteiger partial charge in [0.05, 0.1) is 0 Å². The van der Waals surface area contributed by atoms with Crippen molar-refractivity contribution in [3.63, 3.8) is 0 Å². The van der Waals surface area contributed by atoms with Crippen molar-refractivity contribution in [2.75, 3.05) is 0 Å². The molecular formula is C16H12O3S2. The monoisotopic (exact) mass is 316 g/mol. The first-order valence-corrected chi connectivity index (χ1v) is 8.11. The van der Waals surface area contributed by atoms with Crippen LogP contribution in [0.5, 0.6) is 5.75 Å². The van der Waals surface area contributed by atoms with Crippen LogP contribution in [0.4, 0.5) is 0 Å². The van der Waals surface area contributed by atoms with E-state index in [4.69, 9.17) is 0 Å². The maximum Gasteiger partial charge on any atom is 0.346 e. The number of carbonyl (C=O) groups is 1. The van der Waals surface area contributed by atoms with E-state index in [-0.39, 0.29) is 5.75 Å². The molecule has 0 bridgehead atoms. The number of benzene rings is 2. The lowest BCUT2D eigenvalue weighted by molar-refractivity contribution is 0.0701. The van der Waals surface area contributed by atoms with Crippen LogP contribution in [-0.2, 0) is 5.75 Å². The third-order valence-electron chi connectivity index (χ3n) is 3.09. The zero-order valence-electron chi connectivity index (χ0n) is 10.9. The number of hydrogen-bond donors (Lipinski definition) is 2. The summed E-state index contributed by atoms with van der Waals surface area (Å²) in [7, 11) is 0. The normalized spacial score (nSPS) is 10.9. The van der Waals surface area contributed by atoms with Gasteiger partial charge in [0.25, 0.3) is 0 Å². The zero-order valence-corrected chi connectivity index (χ0v) is 12.6. The number of phenols is 1. The molecule has 3 rings (SSSR count). The molecule has 5 heteroatoms. The number of thiophene rings is 1. The molecule has 0 atom stereocenters. The highest BCUT2D eigenvalue weighted by Gasteiger charge is 2.17. The van der Waals surface area contributed by atoms with Gasteiger partial charge in [0, 0.05) is 15.3 Å². The van der Waals surface area contributed by atoms with E-state index in [1.165, 1.54) is 23.1 Å². The van der Waals surface area contributed by atoms with Gasteiger partial charge in [-0.05, 0) is 35.2 Å². The Labute approximate surface area is 129 Å². The average molecular weight is 316 g/mol. The van der Waals surface area contributed by atoms with Crippen LogP contribution in [0.2, 0.25) is 0 Å². The second-order valence-electron chi connectivity index (χ2n) is 4.50. The lowest BCUT2D eigenvalue weighted by Crippen LogP contribution is -1.96. The summed E-state index contributed by atoms with van der Waals surface area (Å²) in [5, 5.41) is 19.8. The van der Waals surface area contributed by atoms with E-state index >= 15 is 0 Å². The number of rotatable bonds is 4. The maximum atomic E-state index is 11.4. The molecule has 0 aliphatic carbocycles. The Balaban J connectivity index is 1.95. The average Bonchev–Trinajstić information content (AvgIpc) is 2.84. The predicted molar refractivity (Wildman–Crippen MR) is 86.5 cm³/mol. The molecule has 3 nitrogen and oxygen atoms in total. The molecule has 1 heterocycles. The Morgan fingerprint density at radius 1 is 1.14 bits per heavy atom. The third-order valence-corrected chi connectivity index (χ3v) is 5.31. The van der Waals surface area contributed by atoms with Gasteiger partial charge in [-0.2, -0.15) is 0 Å². The van der Waals surface area contributed by atoms with Gasteiger partial charge in [0.2, 0.25) is 0 Å². The molecule has 21 heavy (non-hydrogen) atoms. The van der Waals surface area contributed by atoms with Crippen LogP contribution in [0.25, 0.3) is 10.1 Å². The molecule has 2 aromatic carbocycles. The highest BCUT2D eigenvalue weighted by Crippen LogP contribution is 2.36. The van der Waals surface area contributed by atoms with E-state index in [2.05, 4.69) is 0 Å². The van der Waals surface area contributed by atoms with Crippen LogP contribution in [-0.4, -0.2) is 16.2 Å². The molecule has 0 unspecified atom stereocenters. The van der Waals surface area contributed by atoms with Crippen LogP contribution in [0.15, 0.2) is 53.4 Å². The molecule has 0 radical (unpaired) electrons. The minimum atomic E-state index is -0.886. The Kier molecular flexibility index (Phi) is 3.86. The molecular weight excluding hydrogens is 304 g/mol. The lowest BCUT2D eigenvalue weighted by Gasteiger charge is -2.03. The Morgan fingerprint density at radius 2 is 1.95 bits per heavy atom. The second-order valence-corrected chi connectivity index (χ2v) is 6.60. The Bertz CT molecular complexity index is 808. The van der Waals surface area contributed by atoms with Gasteiger partial charge in [-0.15, -0.1) is 23.1 Å². The number of carboxylic acids is 1. The molecule has 0 fully saturated rings. The lowest BCUT2D eigenvalue weighted by atomic mass is 10.1. The number of carboxylic acid groups (broad SMARTS) is 1. The van der Waals surface area contributed by atoms with E-state index in [1.54, 1.807) is 18.2 Å². The Morgan fingerprint density at radius 3 is 2.71 bits per heavy atom. The molecule has 1 aromatic heterocycles. The number of phenolic OH excluding ortho intramolecular Hbond substituents is 1. The summed E-state index contributed by atoms with van der Waals surface area (Å²) in [6, 6.07) is 14.7. The summed E-state index contributed by atoms with van der Waals surface area (Å²) >= 11 is 2.83. The summed E-state index contributed by atoms with van der Waals surface area (Å²) in [6.07, 6.45) is 0. The van der Waals surface area contributed by atoms with Gasteiger partial charge in [0.15, 0.2) is 0 Å². The summed E-state index contributed by atoms with van der Waals surface area (Å²) in [4.78, 5) is 12.7. The van der Waals surface area contributed by atoms with Gasteiger partial charge in [-0.3, -0.25) is 0 Å². The van der Waals surface area contributed by atoms with Gasteiger partial charge in [-0.1, -0.05) is 24.3 Å². The van der Waals surface area contributed by atoms with Crippen molar-refractivity contribution in [1.82, 2.24) is 0 Å². The topological polar surface area (TPSA) is 57.5 Å². The number of hydrogen-bond acceptors (Lipinski definition) is 4. The molecule has 0 saturated carbocycles. The molecule has 0 amide bonds. The smallest absolute Gasteiger partial charge is 0.346 e. The van der Waals surface area contributed by atoms with Gasteiger partial charge in [0.1, 0.15) is 10.6 Å². The highest BCUT2D eigenvalue weighted by atomic mass is 32.2. The van der Waals surface area contributed by atoms with Crippen LogP contribution in [0.3, 0.4) is 0 Å². The first-order chi connectivity index (χ1) is 10.1. The van der Waals surface area contributed by atoms with Crippen molar-refractivity contribution in [3.8, 4) is 5.75 Å².